The van der Waals surface area contributed by atoms with E-state index in [2.05, 4.69) is 29.6 Å². The summed E-state index contributed by atoms with van der Waals surface area (Å²) < 4.78 is 5.59. The molecule has 1 fully saturated rings. The van der Waals surface area contributed by atoms with Crippen LogP contribution in [0.2, 0.25) is 0 Å². The highest BCUT2D eigenvalue weighted by Gasteiger charge is 2.37. The maximum Gasteiger partial charge on any atom is 0.407 e. The number of carbonyl (C=O) groups excluding carboxylic acids is 2. The Bertz CT molecular complexity index is 1130. The Morgan fingerprint density at radius 2 is 1.60 bits per heavy atom. The predicted molar refractivity (Wildman–Crippen MR) is 128 cm³/mol. The van der Waals surface area contributed by atoms with Gasteiger partial charge in [0.2, 0.25) is 5.91 Å². The highest BCUT2D eigenvalue weighted by Crippen LogP contribution is 2.44. The van der Waals surface area contributed by atoms with Crippen molar-refractivity contribution in [1.82, 2.24) is 10.2 Å². The van der Waals surface area contributed by atoms with Crippen molar-refractivity contribution < 1.29 is 29.3 Å². The van der Waals surface area contributed by atoms with Gasteiger partial charge in [0.05, 0.1) is 24.0 Å². The van der Waals surface area contributed by atoms with Crippen molar-refractivity contribution in [3.63, 3.8) is 0 Å². The molecule has 4 unspecified atom stereocenters. The number of nitrogens with zero attached hydrogens (tertiary/aromatic N) is 1. The van der Waals surface area contributed by atoms with Crippen LogP contribution >= 0.6 is 0 Å². The Labute approximate surface area is 203 Å². The lowest BCUT2D eigenvalue weighted by molar-refractivity contribution is -0.149. The molecule has 0 radical (unpaired) electrons. The topological polar surface area (TPSA) is 116 Å². The first-order chi connectivity index (χ1) is 16.9. The number of likely N-dealkylation sites (tertiary alicyclic amines) is 1. The van der Waals surface area contributed by atoms with E-state index in [-0.39, 0.29) is 44.0 Å². The van der Waals surface area contributed by atoms with E-state index in [1.165, 1.54) is 4.90 Å². The Morgan fingerprint density at radius 1 is 0.943 bits per heavy atom. The molecule has 5 rings (SSSR count). The summed E-state index contributed by atoms with van der Waals surface area (Å²) in [4.78, 5) is 38.2. The standard InChI is InChI=1S/C27H28N2O6/c30-19-12-17(26(32)33)13-29(14-19)25(31)16-9-10-18(11-16)28-27(34)35-15-24-22-7-3-1-5-20(22)21-6-2-4-8-23(21)24/h1-10,16-19,24,30H,11-15H2,(H,28,34)(H,32,33). The maximum atomic E-state index is 12.9. The molecule has 2 aromatic rings. The minimum Gasteiger partial charge on any atom is -0.481 e. The first-order valence-electron chi connectivity index (χ1n) is 11.9. The van der Waals surface area contributed by atoms with Gasteiger partial charge in [-0.2, -0.15) is 0 Å². The summed E-state index contributed by atoms with van der Waals surface area (Å²) in [6.45, 7) is 0.415. The zero-order valence-electron chi connectivity index (χ0n) is 19.2. The number of amides is 2. The number of hydrogen-bond acceptors (Lipinski definition) is 5. The lowest BCUT2D eigenvalue weighted by Crippen LogP contribution is -2.50. The molecule has 2 aliphatic carbocycles. The number of nitrogens with one attached hydrogen (secondary N) is 1. The molecule has 0 bridgehead atoms. The van der Waals surface area contributed by atoms with Gasteiger partial charge in [-0.05, 0) is 35.1 Å². The summed E-state index contributed by atoms with van der Waals surface area (Å²) in [6.07, 6.45) is 2.61. The van der Waals surface area contributed by atoms with E-state index < -0.39 is 30.0 Å². The number of fused-ring (bicyclic) bond motifs is 3. The average Bonchev–Trinajstić information content (AvgIpc) is 3.44. The van der Waals surface area contributed by atoms with E-state index in [1.54, 1.807) is 12.2 Å². The monoisotopic (exact) mass is 476 g/mol. The van der Waals surface area contributed by atoms with Crippen molar-refractivity contribution in [3.8, 4) is 11.1 Å². The second kappa shape index (κ2) is 9.54. The number of aliphatic carboxylic acids is 1. The largest absolute Gasteiger partial charge is 0.481 e. The summed E-state index contributed by atoms with van der Waals surface area (Å²) in [6, 6.07) is 15.9. The lowest BCUT2D eigenvalue weighted by atomic mass is 9.94. The molecule has 8 nitrogen and oxygen atoms in total. The van der Waals surface area contributed by atoms with Gasteiger partial charge < -0.3 is 25.2 Å². The molecular weight excluding hydrogens is 448 g/mol. The molecule has 0 spiro atoms. The number of β-amino-alcohol motifs (C(OH)–C–C–N with tert-alkyl or cyclic N) is 1. The highest BCUT2D eigenvalue weighted by molar-refractivity contribution is 5.83. The fraction of sp³-hybridized carbons (Fsp3) is 0.370. The molecule has 3 N–H and O–H groups in total. The molecule has 2 aromatic carbocycles. The number of piperidine rings is 1. The minimum absolute atomic E-state index is 0.0330. The van der Waals surface area contributed by atoms with Gasteiger partial charge in [0.25, 0.3) is 0 Å². The van der Waals surface area contributed by atoms with E-state index >= 15 is 0 Å². The van der Waals surface area contributed by atoms with Gasteiger partial charge in [-0.3, -0.25) is 9.59 Å². The van der Waals surface area contributed by atoms with Crippen molar-refractivity contribution in [2.75, 3.05) is 19.7 Å². The first kappa shape index (κ1) is 23.1. The van der Waals surface area contributed by atoms with E-state index in [1.807, 2.05) is 24.3 Å². The summed E-state index contributed by atoms with van der Waals surface area (Å²) >= 11 is 0. The van der Waals surface area contributed by atoms with Crippen LogP contribution in [-0.4, -0.2) is 64.9 Å². The molecule has 2 amide bonds. The van der Waals surface area contributed by atoms with Crippen LogP contribution in [-0.2, 0) is 14.3 Å². The average molecular weight is 477 g/mol. The van der Waals surface area contributed by atoms with E-state index in [4.69, 9.17) is 4.74 Å². The third kappa shape index (κ3) is 4.66. The summed E-state index contributed by atoms with van der Waals surface area (Å²) in [7, 11) is 0. The second-order valence-electron chi connectivity index (χ2n) is 9.47. The number of rotatable bonds is 5. The number of aliphatic hydroxyl groups is 1. The third-order valence-corrected chi connectivity index (χ3v) is 7.14. The van der Waals surface area contributed by atoms with Crippen LogP contribution in [0.3, 0.4) is 0 Å². The third-order valence-electron chi connectivity index (χ3n) is 7.14. The first-order valence-corrected chi connectivity index (χ1v) is 11.9. The van der Waals surface area contributed by atoms with Crippen LogP contribution in [0.4, 0.5) is 4.79 Å². The Hall–Kier alpha value is -3.65. The number of hydrogen-bond donors (Lipinski definition) is 3. The van der Waals surface area contributed by atoms with Crippen molar-refractivity contribution in [2.45, 2.75) is 30.9 Å². The van der Waals surface area contributed by atoms with Crippen LogP contribution in [0.15, 0.2) is 60.7 Å². The van der Waals surface area contributed by atoms with Crippen molar-refractivity contribution in [3.05, 3.63) is 71.8 Å². The molecule has 4 atom stereocenters. The highest BCUT2D eigenvalue weighted by atomic mass is 16.5. The molecule has 3 aliphatic rings. The smallest absolute Gasteiger partial charge is 0.407 e. The van der Waals surface area contributed by atoms with Gasteiger partial charge in [0.15, 0.2) is 0 Å². The number of alkyl carbamates (subject to hydrolysis) is 1. The zero-order chi connectivity index (χ0) is 24.5. The fourth-order valence-corrected chi connectivity index (χ4v) is 5.45. The molecule has 1 aliphatic heterocycles. The van der Waals surface area contributed by atoms with E-state index in [9.17, 15) is 24.6 Å². The molecule has 0 aromatic heterocycles. The van der Waals surface area contributed by atoms with Gasteiger partial charge in [0.1, 0.15) is 6.61 Å². The zero-order valence-corrected chi connectivity index (χ0v) is 19.2. The number of aliphatic hydroxyl groups excluding tert-OH is 1. The number of carboxylic acids is 1. The Morgan fingerprint density at radius 3 is 2.26 bits per heavy atom. The van der Waals surface area contributed by atoms with Gasteiger partial charge in [-0.1, -0.05) is 60.7 Å². The van der Waals surface area contributed by atoms with Gasteiger partial charge >= 0.3 is 12.1 Å². The summed E-state index contributed by atoms with van der Waals surface area (Å²) in [5.74, 6) is -2.54. The van der Waals surface area contributed by atoms with Gasteiger partial charge in [-0.25, -0.2) is 4.79 Å². The number of carbonyl (C=O) groups is 3. The number of carboxylic acid groups (broad SMARTS) is 1. The quantitative estimate of drug-likeness (QED) is 0.572. The SMILES string of the molecule is O=C(NC1C=CC(C(=O)N2CC(O)CC(C(=O)O)C2)C1)OCC1c2ccccc2-c2ccccc21. The van der Waals surface area contributed by atoms with E-state index in [0.29, 0.717) is 6.42 Å². The maximum absolute atomic E-state index is 12.9. The molecule has 8 heteroatoms. The second-order valence-corrected chi connectivity index (χ2v) is 9.47. The molecule has 35 heavy (non-hydrogen) atoms. The molecule has 1 saturated heterocycles. The van der Waals surface area contributed by atoms with Gasteiger partial charge in [-0.15, -0.1) is 0 Å². The van der Waals surface area contributed by atoms with Gasteiger partial charge in [0, 0.05) is 19.0 Å². The molecule has 1 heterocycles. The van der Waals surface area contributed by atoms with Crippen LogP contribution in [0, 0.1) is 11.8 Å². The Balaban J connectivity index is 1.15. The van der Waals surface area contributed by atoms with E-state index in [0.717, 1.165) is 22.3 Å². The summed E-state index contributed by atoms with van der Waals surface area (Å²) in [5.41, 5.74) is 4.59. The number of ether oxygens (including phenoxy) is 1. The fourth-order valence-electron chi connectivity index (χ4n) is 5.45. The van der Waals surface area contributed by atoms with Crippen LogP contribution in [0.25, 0.3) is 11.1 Å². The number of benzene rings is 2. The van der Waals surface area contributed by atoms with Crippen LogP contribution < -0.4 is 5.32 Å². The summed E-state index contributed by atoms with van der Waals surface area (Å²) in [5, 5.41) is 22.1. The predicted octanol–water partition coefficient (Wildman–Crippen LogP) is 2.76. The Kier molecular flexibility index (Phi) is 6.30. The molecular formula is C27H28N2O6. The molecule has 0 saturated carbocycles. The lowest BCUT2D eigenvalue weighted by Gasteiger charge is -2.35. The minimum atomic E-state index is -1.02. The van der Waals surface area contributed by atoms with Crippen molar-refractivity contribution >= 4 is 18.0 Å². The molecule has 182 valence electrons. The van der Waals surface area contributed by atoms with Crippen molar-refractivity contribution in [1.29, 1.82) is 0 Å². The van der Waals surface area contributed by atoms with Crippen LogP contribution in [0.5, 0.6) is 0 Å². The van der Waals surface area contributed by atoms with Crippen LogP contribution in [0.1, 0.15) is 29.9 Å². The van der Waals surface area contributed by atoms with Crippen molar-refractivity contribution in [2.24, 2.45) is 11.8 Å². The normalized spacial score (nSPS) is 25.1.